The number of thioether (sulfide) groups is 1. The Morgan fingerprint density at radius 2 is 2.07 bits per heavy atom. The van der Waals surface area contributed by atoms with Crippen molar-refractivity contribution in [3.63, 3.8) is 0 Å². The summed E-state index contributed by atoms with van der Waals surface area (Å²) in [5.74, 6) is 1.53. The van der Waals surface area contributed by atoms with Gasteiger partial charge < -0.3 is 14.8 Å². The Balaban J connectivity index is 1.38. The average Bonchev–Trinajstić information content (AvgIpc) is 3.35. The summed E-state index contributed by atoms with van der Waals surface area (Å²) in [4.78, 5) is 12.4. The van der Waals surface area contributed by atoms with E-state index in [9.17, 15) is 4.79 Å². The number of tetrazole rings is 1. The van der Waals surface area contributed by atoms with Crippen LogP contribution in [0.2, 0.25) is 0 Å². The minimum atomic E-state index is -0.157. The second kappa shape index (κ2) is 7.89. The van der Waals surface area contributed by atoms with E-state index in [2.05, 4.69) is 20.8 Å². The quantitative estimate of drug-likeness (QED) is 0.640. The first-order valence-electron chi connectivity index (χ1n) is 8.78. The molecule has 0 spiro atoms. The number of para-hydroxylation sites is 1. The fourth-order valence-electron chi connectivity index (χ4n) is 2.90. The zero-order valence-corrected chi connectivity index (χ0v) is 16.3. The van der Waals surface area contributed by atoms with E-state index in [4.69, 9.17) is 9.47 Å². The van der Waals surface area contributed by atoms with Crippen LogP contribution < -0.4 is 14.8 Å². The summed E-state index contributed by atoms with van der Waals surface area (Å²) in [7, 11) is 0. The third-order valence-corrected chi connectivity index (χ3v) is 5.31. The van der Waals surface area contributed by atoms with Gasteiger partial charge in [0.05, 0.1) is 17.5 Å². The summed E-state index contributed by atoms with van der Waals surface area (Å²) < 4.78 is 12.4. The van der Waals surface area contributed by atoms with Gasteiger partial charge in [-0.15, -0.1) is 5.10 Å². The number of ether oxygens (including phenoxy) is 2. The summed E-state index contributed by atoms with van der Waals surface area (Å²) >= 11 is 1.29. The molecular weight excluding hydrogens is 378 g/mol. The van der Waals surface area contributed by atoms with Gasteiger partial charge >= 0.3 is 0 Å². The highest BCUT2D eigenvalue weighted by Gasteiger charge is 2.18. The van der Waals surface area contributed by atoms with Crippen molar-refractivity contribution in [2.75, 3.05) is 12.5 Å². The molecule has 1 aromatic heterocycles. The molecule has 8 nitrogen and oxygen atoms in total. The molecule has 2 heterocycles. The predicted octanol–water partition coefficient (Wildman–Crippen LogP) is 2.67. The molecule has 0 aliphatic carbocycles. The first-order chi connectivity index (χ1) is 13.6. The summed E-state index contributed by atoms with van der Waals surface area (Å²) in [6.07, 6.45) is 0. The van der Waals surface area contributed by atoms with Gasteiger partial charge in [-0.1, -0.05) is 36.0 Å². The summed E-state index contributed by atoms with van der Waals surface area (Å²) in [6, 6.07) is 13.3. The van der Waals surface area contributed by atoms with Crippen LogP contribution in [0.1, 0.15) is 24.1 Å². The van der Waals surface area contributed by atoms with Crippen molar-refractivity contribution in [2.24, 2.45) is 0 Å². The van der Waals surface area contributed by atoms with Crippen molar-refractivity contribution in [2.45, 2.75) is 25.0 Å². The van der Waals surface area contributed by atoms with Gasteiger partial charge in [0.1, 0.15) is 0 Å². The lowest BCUT2D eigenvalue weighted by molar-refractivity contribution is -0.119. The van der Waals surface area contributed by atoms with Gasteiger partial charge in [-0.3, -0.25) is 4.79 Å². The molecule has 0 bridgehead atoms. The lowest BCUT2D eigenvalue weighted by Gasteiger charge is -2.14. The fourth-order valence-corrected chi connectivity index (χ4v) is 3.60. The number of hydrogen-bond donors (Lipinski definition) is 1. The highest BCUT2D eigenvalue weighted by Crippen LogP contribution is 2.34. The number of nitrogens with one attached hydrogen (secondary N) is 1. The number of aryl methyl sites for hydroxylation is 1. The maximum Gasteiger partial charge on any atom is 0.231 e. The molecule has 0 saturated heterocycles. The van der Waals surface area contributed by atoms with Gasteiger partial charge in [0, 0.05) is 0 Å². The summed E-state index contributed by atoms with van der Waals surface area (Å²) in [5.41, 5.74) is 2.90. The van der Waals surface area contributed by atoms with E-state index in [0.717, 1.165) is 22.6 Å². The number of benzene rings is 2. The maximum atomic E-state index is 12.4. The molecule has 1 N–H and O–H groups in total. The normalized spacial score (nSPS) is 13.4. The second-order valence-electron chi connectivity index (χ2n) is 6.35. The Morgan fingerprint density at radius 1 is 1.25 bits per heavy atom. The van der Waals surface area contributed by atoms with E-state index < -0.39 is 0 Å². The smallest absolute Gasteiger partial charge is 0.231 e. The Morgan fingerprint density at radius 3 is 2.93 bits per heavy atom. The highest BCUT2D eigenvalue weighted by atomic mass is 32.2. The number of nitrogens with zero attached hydrogens (tertiary/aromatic N) is 4. The van der Waals surface area contributed by atoms with Gasteiger partial charge in [0.2, 0.25) is 17.9 Å². The number of carbonyl (C=O) groups excluding carboxylic acids is 1. The number of hydrogen-bond acceptors (Lipinski definition) is 7. The van der Waals surface area contributed by atoms with E-state index in [0.29, 0.717) is 10.9 Å². The van der Waals surface area contributed by atoms with E-state index >= 15 is 0 Å². The van der Waals surface area contributed by atoms with E-state index in [-0.39, 0.29) is 24.5 Å². The van der Waals surface area contributed by atoms with Crippen LogP contribution in [-0.4, -0.2) is 38.7 Å². The van der Waals surface area contributed by atoms with Crippen LogP contribution in [-0.2, 0) is 4.79 Å². The van der Waals surface area contributed by atoms with Crippen molar-refractivity contribution in [3.05, 3.63) is 53.6 Å². The Bertz CT molecular complexity index is 1010. The van der Waals surface area contributed by atoms with Gasteiger partial charge in [0.25, 0.3) is 0 Å². The van der Waals surface area contributed by atoms with Crippen molar-refractivity contribution < 1.29 is 14.3 Å². The van der Waals surface area contributed by atoms with Crippen LogP contribution in [0.25, 0.3) is 5.69 Å². The molecule has 0 radical (unpaired) electrons. The molecule has 1 aliphatic heterocycles. The number of amides is 1. The summed E-state index contributed by atoms with van der Waals surface area (Å²) in [6.45, 7) is 4.15. The standard InChI is InChI=1S/C19H19N5O3S/c1-12-5-3-4-6-15(12)24-19(21-22-23-24)28-10-18(25)20-13(2)14-7-8-16-17(9-14)27-11-26-16/h3-9,13H,10-11H2,1-2H3,(H,20,25). The van der Waals surface area contributed by atoms with E-state index in [1.165, 1.54) is 11.8 Å². The molecule has 28 heavy (non-hydrogen) atoms. The Hall–Kier alpha value is -3.07. The SMILES string of the molecule is Cc1ccccc1-n1nnnc1SCC(=O)NC(C)c1ccc2c(c1)OCO2. The lowest BCUT2D eigenvalue weighted by Crippen LogP contribution is -2.28. The van der Waals surface area contributed by atoms with Gasteiger partial charge in [-0.2, -0.15) is 4.68 Å². The molecule has 9 heteroatoms. The zero-order chi connectivity index (χ0) is 19.5. The Labute approximate surface area is 166 Å². The minimum absolute atomic E-state index is 0.102. The van der Waals surface area contributed by atoms with Crippen LogP contribution >= 0.6 is 11.8 Å². The van der Waals surface area contributed by atoms with Crippen molar-refractivity contribution in [1.29, 1.82) is 0 Å². The van der Waals surface area contributed by atoms with Gasteiger partial charge in [0.15, 0.2) is 11.5 Å². The summed E-state index contributed by atoms with van der Waals surface area (Å²) in [5, 5.41) is 15.4. The maximum absolute atomic E-state index is 12.4. The molecule has 3 aromatic rings. The molecule has 2 aromatic carbocycles. The van der Waals surface area contributed by atoms with Gasteiger partial charge in [-0.05, 0) is 53.6 Å². The second-order valence-corrected chi connectivity index (χ2v) is 7.29. The van der Waals surface area contributed by atoms with Crippen LogP contribution in [0.15, 0.2) is 47.6 Å². The zero-order valence-electron chi connectivity index (χ0n) is 15.5. The largest absolute Gasteiger partial charge is 0.454 e. The van der Waals surface area contributed by atoms with Crippen molar-refractivity contribution in [3.8, 4) is 17.2 Å². The molecule has 1 unspecified atom stereocenters. The number of fused-ring (bicyclic) bond motifs is 1. The molecule has 1 atom stereocenters. The average molecular weight is 397 g/mol. The number of carbonyl (C=O) groups is 1. The van der Waals surface area contributed by atoms with Crippen LogP contribution in [0, 0.1) is 6.92 Å². The molecule has 0 fully saturated rings. The molecule has 4 rings (SSSR count). The van der Waals surface area contributed by atoms with Crippen LogP contribution in [0.5, 0.6) is 11.5 Å². The van der Waals surface area contributed by atoms with Crippen LogP contribution in [0.4, 0.5) is 0 Å². The van der Waals surface area contributed by atoms with Crippen molar-refractivity contribution >= 4 is 17.7 Å². The van der Waals surface area contributed by atoms with Crippen molar-refractivity contribution in [1.82, 2.24) is 25.5 Å². The highest BCUT2D eigenvalue weighted by molar-refractivity contribution is 7.99. The first kappa shape index (κ1) is 18.3. The monoisotopic (exact) mass is 397 g/mol. The van der Waals surface area contributed by atoms with E-state index in [1.807, 2.05) is 56.3 Å². The Kier molecular flexibility index (Phi) is 5.16. The lowest BCUT2D eigenvalue weighted by atomic mass is 10.1. The molecule has 0 saturated carbocycles. The third kappa shape index (κ3) is 3.79. The fraction of sp³-hybridized carbons (Fsp3) is 0.263. The molecule has 144 valence electrons. The number of aromatic nitrogens is 4. The topological polar surface area (TPSA) is 91.2 Å². The van der Waals surface area contributed by atoms with E-state index in [1.54, 1.807) is 4.68 Å². The predicted molar refractivity (Wildman–Crippen MR) is 104 cm³/mol. The minimum Gasteiger partial charge on any atom is -0.454 e. The molecule has 1 amide bonds. The van der Waals surface area contributed by atoms with Gasteiger partial charge in [-0.25, -0.2) is 0 Å². The molecular formula is C19H19N5O3S. The van der Waals surface area contributed by atoms with Crippen LogP contribution in [0.3, 0.4) is 0 Å². The first-order valence-corrected chi connectivity index (χ1v) is 9.76. The molecule has 1 aliphatic rings. The third-order valence-electron chi connectivity index (χ3n) is 4.39. The number of rotatable bonds is 6.